The van der Waals surface area contributed by atoms with E-state index in [1.165, 1.54) is 0 Å². The van der Waals surface area contributed by atoms with Crippen molar-refractivity contribution in [2.75, 3.05) is 5.32 Å². The van der Waals surface area contributed by atoms with Gasteiger partial charge in [0.05, 0.1) is 11.3 Å². The Morgan fingerprint density at radius 1 is 1.50 bits per heavy atom. The Hall–Kier alpha value is -2.04. The first-order valence-electron chi connectivity index (χ1n) is 4.04. The van der Waals surface area contributed by atoms with Crippen LogP contribution in [0.2, 0.25) is 0 Å². The molecule has 2 rings (SSSR count). The summed E-state index contributed by atoms with van der Waals surface area (Å²) in [5.74, 6) is -0.149. The number of ether oxygens (including phenoxy) is 1. The van der Waals surface area contributed by atoms with E-state index >= 15 is 0 Å². The number of fused-ring (bicyclic) bond motifs is 1. The first-order valence-corrected chi connectivity index (χ1v) is 4.04. The lowest BCUT2D eigenvalue weighted by atomic mass is 9.99. The number of nitrogens with two attached hydrogens (primary N) is 1. The molecule has 5 heteroatoms. The highest BCUT2D eigenvalue weighted by Gasteiger charge is 2.25. The predicted molar refractivity (Wildman–Crippen MR) is 48.8 cm³/mol. The Morgan fingerprint density at radius 3 is 2.93 bits per heavy atom. The molecule has 1 heterocycles. The molecule has 0 radical (unpaired) electrons. The zero-order valence-corrected chi connectivity index (χ0v) is 7.24. The third kappa shape index (κ3) is 1.28. The number of amides is 2. The Morgan fingerprint density at radius 2 is 2.29 bits per heavy atom. The van der Waals surface area contributed by atoms with Gasteiger partial charge in [-0.05, 0) is 6.07 Å². The maximum atomic E-state index is 11.1. The Kier molecular flexibility index (Phi) is 1.85. The first kappa shape index (κ1) is 8.55. The standard InChI is InChI=1S/C9H8N2O3/c10-9(13)14-4-5-2-1-3-6-7(5)8(12)11-6/h1-3H,4H2,(H2,10,13)(H,11,12). The van der Waals surface area contributed by atoms with E-state index in [0.29, 0.717) is 11.1 Å². The van der Waals surface area contributed by atoms with Gasteiger partial charge in [-0.2, -0.15) is 0 Å². The molecule has 1 aliphatic rings. The molecule has 3 N–H and O–H groups in total. The highest BCUT2D eigenvalue weighted by Crippen LogP contribution is 2.28. The lowest BCUT2D eigenvalue weighted by Crippen LogP contribution is -2.27. The van der Waals surface area contributed by atoms with Crippen molar-refractivity contribution in [1.82, 2.24) is 0 Å². The van der Waals surface area contributed by atoms with Crippen LogP contribution >= 0.6 is 0 Å². The van der Waals surface area contributed by atoms with Crippen LogP contribution in [0.25, 0.3) is 0 Å². The molecule has 72 valence electrons. The van der Waals surface area contributed by atoms with E-state index in [-0.39, 0.29) is 12.5 Å². The molecule has 2 amide bonds. The van der Waals surface area contributed by atoms with Gasteiger partial charge in [-0.25, -0.2) is 4.79 Å². The minimum absolute atomic E-state index is 0.0337. The van der Waals surface area contributed by atoms with Crippen LogP contribution in [0, 0.1) is 0 Å². The third-order valence-electron chi connectivity index (χ3n) is 2.00. The average Bonchev–Trinajstić information content (AvgIpc) is 2.12. The van der Waals surface area contributed by atoms with Crippen molar-refractivity contribution in [3.8, 4) is 0 Å². The fourth-order valence-corrected chi connectivity index (χ4v) is 1.36. The van der Waals surface area contributed by atoms with Gasteiger partial charge in [0.15, 0.2) is 0 Å². The summed E-state index contributed by atoms with van der Waals surface area (Å²) < 4.78 is 4.60. The van der Waals surface area contributed by atoms with E-state index in [9.17, 15) is 9.59 Å². The quantitative estimate of drug-likeness (QED) is 0.728. The number of anilines is 1. The van der Waals surface area contributed by atoms with E-state index in [4.69, 9.17) is 5.73 Å². The van der Waals surface area contributed by atoms with Gasteiger partial charge in [-0.1, -0.05) is 12.1 Å². The second kappa shape index (κ2) is 3.02. The molecular formula is C9H8N2O3. The zero-order chi connectivity index (χ0) is 10.1. The van der Waals surface area contributed by atoms with Crippen molar-refractivity contribution in [3.05, 3.63) is 29.3 Å². The first-order chi connectivity index (χ1) is 6.68. The molecule has 1 aromatic carbocycles. The Bertz CT molecular complexity index is 415. The molecular weight excluding hydrogens is 184 g/mol. The summed E-state index contributed by atoms with van der Waals surface area (Å²) in [5.41, 5.74) is 6.83. The highest BCUT2D eigenvalue weighted by molar-refractivity contribution is 6.18. The van der Waals surface area contributed by atoms with Crippen molar-refractivity contribution in [2.45, 2.75) is 6.61 Å². The number of carbonyl (C=O) groups excluding carboxylic acids is 2. The molecule has 1 aromatic rings. The van der Waals surface area contributed by atoms with Crippen LogP contribution in [0.4, 0.5) is 10.5 Å². The summed E-state index contributed by atoms with van der Waals surface area (Å²) in [7, 11) is 0. The summed E-state index contributed by atoms with van der Waals surface area (Å²) in [6, 6.07) is 5.28. The molecule has 0 spiro atoms. The van der Waals surface area contributed by atoms with Crippen LogP contribution in [-0.2, 0) is 11.3 Å². The fraction of sp³-hybridized carbons (Fsp3) is 0.111. The van der Waals surface area contributed by atoms with Crippen molar-refractivity contribution in [3.63, 3.8) is 0 Å². The predicted octanol–water partition coefficient (Wildman–Crippen LogP) is 0.848. The highest BCUT2D eigenvalue weighted by atomic mass is 16.5. The summed E-state index contributed by atoms with van der Waals surface area (Å²) >= 11 is 0. The Balaban J connectivity index is 2.22. The Labute approximate surface area is 79.8 Å². The van der Waals surface area contributed by atoms with Crippen molar-refractivity contribution in [1.29, 1.82) is 0 Å². The summed E-state index contributed by atoms with van der Waals surface area (Å²) in [6.45, 7) is 0.0337. The number of carbonyl (C=O) groups is 2. The molecule has 0 aromatic heterocycles. The van der Waals surface area contributed by atoms with Gasteiger partial charge in [0.2, 0.25) is 0 Å². The van der Waals surface area contributed by atoms with E-state index < -0.39 is 6.09 Å². The third-order valence-corrected chi connectivity index (χ3v) is 2.00. The lowest BCUT2D eigenvalue weighted by molar-refractivity contribution is 0.100. The van der Waals surface area contributed by atoms with Crippen LogP contribution in [0.15, 0.2) is 18.2 Å². The van der Waals surface area contributed by atoms with Crippen LogP contribution in [0.5, 0.6) is 0 Å². The summed E-state index contributed by atoms with van der Waals surface area (Å²) in [5, 5.41) is 2.60. The second-order valence-corrected chi connectivity index (χ2v) is 2.90. The van der Waals surface area contributed by atoms with Crippen molar-refractivity contribution >= 4 is 17.7 Å². The van der Waals surface area contributed by atoms with Crippen molar-refractivity contribution in [2.24, 2.45) is 5.73 Å². The SMILES string of the molecule is NC(=O)OCc1cccc2c1C(=O)N2. The fourth-order valence-electron chi connectivity index (χ4n) is 1.36. The summed E-state index contributed by atoms with van der Waals surface area (Å²) in [4.78, 5) is 21.5. The summed E-state index contributed by atoms with van der Waals surface area (Å²) in [6.07, 6.45) is -0.845. The molecule has 0 bridgehead atoms. The van der Waals surface area contributed by atoms with E-state index in [1.807, 2.05) is 0 Å². The number of hydrogen-bond donors (Lipinski definition) is 2. The molecule has 0 fully saturated rings. The zero-order valence-electron chi connectivity index (χ0n) is 7.24. The van der Waals surface area contributed by atoms with Crippen LogP contribution in [0.1, 0.15) is 15.9 Å². The van der Waals surface area contributed by atoms with Gasteiger partial charge >= 0.3 is 6.09 Å². The van der Waals surface area contributed by atoms with E-state index in [0.717, 1.165) is 5.69 Å². The maximum absolute atomic E-state index is 11.1. The number of primary amides is 1. The lowest BCUT2D eigenvalue weighted by Gasteiger charge is -2.21. The molecule has 0 saturated carbocycles. The molecule has 1 aliphatic heterocycles. The van der Waals surface area contributed by atoms with Gasteiger partial charge in [-0.15, -0.1) is 0 Å². The molecule has 0 saturated heterocycles. The topological polar surface area (TPSA) is 81.4 Å². The monoisotopic (exact) mass is 192 g/mol. The molecule has 0 aliphatic carbocycles. The molecule has 5 nitrogen and oxygen atoms in total. The van der Waals surface area contributed by atoms with Gasteiger partial charge < -0.3 is 15.8 Å². The number of hydrogen-bond acceptors (Lipinski definition) is 3. The largest absolute Gasteiger partial charge is 0.445 e. The minimum atomic E-state index is -0.845. The number of rotatable bonds is 2. The molecule has 14 heavy (non-hydrogen) atoms. The van der Waals surface area contributed by atoms with Gasteiger partial charge in [0.25, 0.3) is 5.91 Å². The smallest absolute Gasteiger partial charge is 0.404 e. The molecule has 0 unspecified atom stereocenters. The van der Waals surface area contributed by atoms with E-state index in [2.05, 4.69) is 10.1 Å². The minimum Gasteiger partial charge on any atom is -0.445 e. The van der Waals surface area contributed by atoms with Gasteiger partial charge in [0, 0.05) is 5.56 Å². The van der Waals surface area contributed by atoms with Crippen LogP contribution in [0.3, 0.4) is 0 Å². The molecule has 0 atom stereocenters. The van der Waals surface area contributed by atoms with Crippen LogP contribution in [-0.4, -0.2) is 12.0 Å². The average molecular weight is 192 g/mol. The second-order valence-electron chi connectivity index (χ2n) is 2.90. The maximum Gasteiger partial charge on any atom is 0.404 e. The van der Waals surface area contributed by atoms with E-state index in [1.54, 1.807) is 18.2 Å². The normalized spacial score (nSPS) is 12.4. The van der Waals surface area contributed by atoms with Crippen molar-refractivity contribution < 1.29 is 14.3 Å². The van der Waals surface area contributed by atoms with Gasteiger partial charge in [-0.3, -0.25) is 4.79 Å². The van der Waals surface area contributed by atoms with Gasteiger partial charge in [0.1, 0.15) is 6.61 Å². The number of nitrogens with one attached hydrogen (secondary N) is 1. The number of benzene rings is 1. The van der Waals surface area contributed by atoms with Crippen LogP contribution < -0.4 is 11.1 Å².